The Morgan fingerprint density at radius 3 is 2.09 bits per heavy atom. The highest BCUT2D eigenvalue weighted by molar-refractivity contribution is 7.90. The Morgan fingerprint density at radius 2 is 1.47 bits per heavy atom. The van der Waals surface area contributed by atoms with Crippen LogP contribution in [0.1, 0.15) is 60.3 Å². The van der Waals surface area contributed by atoms with Crippen molar-refractivity contribution in [3.05, 3.63) is 105 Å². The van der Waals surface area contributed by atoms with Gasteiger partial charge in [-0.15, -0.1) is 0 Å². The van der Waals surface area contributed by atoms with Gasteiger partial charge in [-0.25, -0.2) is 21.2 Å². The lowest BCUT2D eigenvalue weighted by atomic mass is 10.1. The second-order valence-electron chi connectivity index (χ2n) is 9.67. The van der Waals surface area contributed by atoms with Crippen molar-refractivity contribution >= 4 is 49.1 Å². The predicted octanol–water partition coefficient (Wildman–Crippen LogP) is 9.51. The van der Waals surface area contributed by atoms with Gasteiger partial charge in [0.1, 0.15) is 17.4 Å². The molecular weight excluding hydrogens is 592 g/mol. The highest BCUT2D eigenvalue weighted by Crippen LogP contribution is 2.32. The predicted molar refractivity (Wildman–Crippen MR) is 171 cm³/mol. The van der Waals surface area contributed by atoms with E-state index in [0.29, 0.717) is 27.8 Å². The van der Waals surface area contributed by atoms with E-state index in [1.807, 2.05) is 34.6 Å². The largest absolute Gasteiger partial charge is 0.485 e. The maximum atomic E-state index is 14.5. The molecule has 1 aromatic heterocycles. The maximum absolute atomic E-state index is 14.5. The van der Waals surface area contributed by atoms with Crippen LogP contribution in [0.3, 0.4) is 0 Å². The summed E-state index contributed by atoms with van der Waals surface area (Å²) in [5.74, 6) is -1.39. The van der Waals surface area contributed by atoms with Crippen LogP contribution >= 0.6 is 11.6 Å². The number of nitrogens with zero attached hydrogens (tertiary/aromatic N) is 1. The summed E-state index contributed by atoms with van der Waals surface area (Å²) < 4.78 is 63.1. The molecule has 0 bridgehead atoms. The average molecular weight is 628 g/mol. The van der Waals surface area contributed by atoms with Gasteiger partial charge in [0.2, 0.25) is 5.78 Å². The molecule has 0 saturated heterocycles. The van der Waals surface area contributed by atoms with Crippen molar-refractivity contribution in [3.8, 4) is 5.75 Å². The smallest absolute Gasteiger partial charge is 0.268 e. The normalized spacial score (nSPS) is 11.0. The van der Waals surface area contributed by atoms with E-state index in [9.17, 15) is 22.0 Å². The maximum Gasteiger partial charge on any atom is 0.268 e. The molecule has 0 unspecified atom stereocenters. The zero-order valence-corrected chi connectivity index (χ0v) is 27.2. The molecule has 4 aromatic carbocycles. The number of rotatable bonds is 6. The highest BCUT2D eigenvalue weighted by Gasteiger charge is 2.27. The number of carbonyl (C=O) groups is 1. The molecule has 228 valence electrons. The second-order valence-corrected chi connectivity index (χ2v) is 11.9. The fourth-order valence-electron chi connectivity index (χ4n) is 5.07. The minimum Gasteiger partial charge on any atom is -0.485 e. The highest BCUT2D eigenvalue weighted by atomic mass is 35.5. The van der Waals surface area contributed by atoms with Crippen LogP contribution in [-0.2, 0) is 10.0 Å². The van der Waals surface area contributed by atoms with Crippen LogP contribution in [0.25, 0.3) is 21.7 Å². The van der Waals surface area contributed by atoms with Crippen LogP contribution in [-0.4, -0.2) is 24.8 Å². The molecule has 9 heteroatoms. The van der Waals surface area contributed by atoms with Crippen molar-refractivity contribution in [1.29, 1.82) is 0 Å². The van der Waals surface area contributed by atoms with Crippen LogP contribution in [0.5, 0.6) is 5.75 Å². The second kappa shape index (κ2) is 13.7. The Morgan fingerprint density at radius 1 is 0.837 bits per heavy atom. The number of hydrogen-bond donors (Lipinski definition) is 0. The molecule has 0 atom stereocenters. The van der Waals surface area contributed by atoms with Crippen LogP contribution < -0.4 is 4.74 Å². The van der Waals surface area contributed by atoms with Crippen molar-refractivity contribution < 1.29 is 26.7 Å². The SMILES string of the molecule is CC.CC.Cc1cc(C)c(S(=O)(=O)n2cc(C(=O)COc3cc4c(F)cc(Cl)cc4cc3C)c3ccc(F)cc32)c(C)c1. The number of halogens is 3. The number of fused-ring (bicyclic) bond motifs is 2. The van der Waals surface area contributed by atoms with Crippen molar-refractivity contribution in [2.75, 3.05) is 6.61 Å². The van der Waals surface area contributed by atoms with Gasteiger partial charge < -0.3 is 4.74 Å². The molecule has 5 nitrogen and oxygen atoms in total. The van der Waals surface area contributed by atoms with E-state index in [1.165, 1.54) is 30.5 Å². The molecule has 1 heterocycles. The zero-order valence-electron chi connectivity index (χ0n) is 25.6. The molecule has 0 aliphatic rings. The van der Waals surface area contributed by atoms with E-state index < -0.39 is 34.0 Å². The van der Waals surface area contributed by atoms with Gasteiger partial charge in [0, 0.05) is 27.6 Å². The van der Waals surface area contributed by atoms with E-state index in [-0.39, 0.29) is 31.8 Å². The van der Waals surface area contributed by atoms with E-state index in [0.717, 1.165) is 15.6 Å². The lowest BCUT2D eigenvalue weighted by molar-refractivity contribution is 0.0923. The number of Topliss-reactive ketones (excluding diaryl/α,β-unsaturated/α-hetero) is 1. The van der Waals surface area contributed by atoms with Crippen LogP contribution in [0, 0.1) is 39.3 Å². The Kier molecular flexibility index (Phi) is 10.7. The minimum atomic E-state index is -4.18. The summed E-state index contributed by atoms with van der Waals surface area (Å²) in [5, 5.41) is 1.41. The topological polar surface area (TPSA) is 65.4 Å². The van der Waals surface area contributed by atoms with Crippen LogP contribution in [0.2, 0.25) is 5.02 Å². The molecule has 0 spiro atoms. The van der Waals surface area contributed by atoms with Crippen LogP contribution in [0.4, 0.5) is 8.78 Å². The molecular formula is C34H36ClF2NO4S. The minimum absolute atomic E-state index is 0.0403. The molecule has 43 heavy (non-hydrogen) atoms. The molecule has 5 rings (SSSR count). The summed E-state index contributed by atoms with van der Waals surface area (Å²) in [6, 6.07) is 13.2. The number of ether oxygens (including phenoxy) is 1. The third-order valence-corrected chi connectivity index (χ3v) is 8.87. The van der Waals surface area contributed by atoms with Crippen molar-refractivity contribution in [2.24, 2.45) is 0 Å². The first-order chi connectivity index (χ1) is 20.4. The average Bonchev–Trinajstić information content (AvgIpc) is 3.33. The van der Waals surface area contributed by atoms with E-state index in [4.69, 9.17) is 16.3 Å². The third-order valence-electron chi connectivity index (χ3n) is 6.68. The number of aromatic nitrogens is 1. The number of aryl methyl sites for hydroxylation is 4. The molecule has 0 radical (unpaired) electrons. The molecule has 0 N–H and O–H groups in total. The molecule has 0 aliphatic heterocycles. The van der Waals surface area contributed by atoms with Gasteiger partial charge in [-0.1, -0.05) is 57.0 Å². The van der Waals surface area contributed by atoms with E-state index in [2.05, 4.69) is 0 Å². The van der Waals surface area contributed by atoms with Crippen molar-refractivity contribution in [2.45, 2.75) is 60.3 Å². The summed E-state index contributed by atoms with van der Waals surface area (Å²) in [6.07, 6.45) is 1.21. The fraction of sp³-hybridized carbons (Fsp3) is 0.265. The van der Waals surface area contributed by atoms with Gasteiger partial charge in [0.15, 0.2) is 6.61 Å². The van der Waals surface area contributed by atoms with Gasteiger partial charge >= 0.3 is 0 Å². The fourth-order valence-corrected chi connectivity index (χ4v) is 7.06. The Hall–Kier alpha value is -3.75. The molecule has 0 amide bonds. The Bertz CT molecular complexity index is 1910. The Labute approximate surface area is 257 Å². The summed E-state index contributed by atoms with van der Waals surface area (Å²) in [7, 11) is -4.18. The molecule has 5 aromatic rings. The molecule has 0 fully saturated rings. The monoisotopic (exact) mass is 627 g/mol. The summed E-state index contributed by atoms with van der Waals surface area (Å²) >= 11 is 5.96. The standard InChI is InChI=1S/C30H24ClF2NO4S.2C2H6/c1-16-7-18(3)30(19(4)8-16)39(36,37)34-14-25(23-6-5-22(32)12-27(23)34)28(35)15-38-29-13-24-20(9-17(29)2)10-21(31)11-26(24)33;2*1-2/h5-14H,15H2,1-4H3;2*1-2H3. The Balaban J connectivity index is 0.00000121. The zero-order chi connectivity index (χ0) is 32.2. The molecule has 0 saturated carbocycles. The molecule has 0 aliphatic carbocycles. The van der Waals surface area contributed by atoms with Gasteiger partial charge in [0.25, 0.3) is 10.0 Å². The van der Waals surface area contributed by atoms with Crippen molar-refractivity contribution in [1.82, 2.24) is 3.97 Å². The van der Waals surface area contributed by atoms with Crippen molar-refractivity contribution in [3.63, 3.8) is 0 Å². The van der Waals surface area contributed by atoms with Crippen LogP contribution in [0.15, 0.2) is 65.7 Å². The number of benzene rings is 4. The summed E-state index contributed by atoms with van der Waals surface area (Å²) in [6.45, 7) is 14.6. The van der Waals surface area contributed by atoms with Gasteiger partial charge in [0.05, 0.1) is 10.4 Å². The summed E-state index contributed by atoms with van der Waals surface area (Å²) in [5.41, 5.74) is 2.76. The number of hydrogen-bond acceptors (Lipinski definition) is 4. The summed E-state index contributed by atoms with van der Waals surface area (Å²) in [4.78, 5) is 13.4. The first kappa shape index (κ1) is 33.7. The lowest BCUT2D eigenvalue weighted by Gasteiger charge is -2.14. The van der Waals surface area contributed by atoms with Gasteiger partial charge in [-0.3, -0.25) is 4.79 Å². The van der Waals surface area contributed by atoms with E-state index >= 15 is 0 Å². The van der Waals surface area contributed by atoms with Gasteiger partial charge in [-0.05, 0) is 92.2 Å². The number of ketones is 1. The number of carbonyl (C=O) groups excluding carboxylic acids is 1. The first-order valence-corrected chi connectivity index (χ1v) is 15.9. The van der Waals surface area contributed by atoms with E-state index in [1.54, 1.807) is 45.0 Å². The lowest BCUT2D eigenvalue weighted by Crippen LogP contribution is -2.16. The third kappa shape index (κ3) is 6.76. The van der Waals surface area contributed by atoms with Gasteiger partial charge in [-0.2, -0.15) is 0 Å². The first-order valence-electron chi connectivity index (χ1n) is 14.1. The quantitative estimate of drug-likeness (QED) is 0.176.